The molecule has 0 spiro atoms. The van der Waals surface area contributed by atoms with Crippen molar-refractivity contribution >= 4 is 0 Å². The molecule has 1 aromatic rings. The first-order valence-electron chi connectivity index (χ1n) is 7.66. The highest BCUT2D eigenvalue weighted by atomic mass is 16.8. The van der Waals surface area contributed by atoms with E-state index in [0.717, 1.165) is 5.56 Å². The zero-order valence-corrected chi connectivity index (χ0v) is 14.2. The summed E-state index contributed by atoms with van der Waals surface area (Å²) in [5.41, 5.74) is 1.07. The van der Waals surface area contributed by atoms with Gasteiger partial charge in [-0.2, -0.15) is 0 Å². The molecule has 6 heteroatoms. The summed E-state index contributed by atoms with van der Waals surface area (Å²) in [6.07, 6.45) is -1.02. The van der Waals surface area contributed by atoms with Gasteiger partial charge in [0.1, 0.15) is 12.2 Å². The van der Waals surface area contributed by atoms with Gasteiger partial charge in [-0.1, -0.05) is 30.3 Å². The summed E-state index contributed by atoms with van der Waals surface area (Å²) in [7, 11) is 3.04. The minimum absolute atomic E-state index is 0.196. The average molecular weight is 326 g/mol. The van der Waals surface area contributed by atoms with Gasteiger partial charge in [-0.15, -0.1) is 0 Å². The number of aliphatic hydroxyl groups excluding tert-OH is 1. The number of rotatable bonds is 7. The van der Waals surface area contributed by atoms with Gasteiger partial charge in [-0.05, 0) is 19.4 Å². The fourth-order valence-electron chi connectivity index (χ4n) is 2.57. The van der Waals surface area contributed by atoms with E-state index in [-0.39, 0.29) is 13.2 Å². The summed E-state index contributed by atoms with van der Waals surface area (Å²) < 4.78 is 28.5. The Morgan fingerprint density at radius 1 is 1.00 bits per heavy atom. The van der Waals surface area contributed by atoms with Gasteiger partial charge in [0, 0.05) is 14.2 Å². The average Bonchev–Trinajstić information content (AvgIpc) is 2.58. The third-order valence-corrected chi connectivity index (χ3v) is 4.34. The third kappa shape index (κ3) is 3.91. The lowest BCUT2D eigenvalue weighted by molar-refractivity contribution is -0.452. The Hall–Kier alpha value is -1.02. The first-order valence-corrected chi connectivity index (χ1v) is 7.66. The molecule has 1 heterocycles. The van der Waals surface area contributed by atoms with Crippen molar-refractivity contribution in [2.45, 2.75) is 44.2 Å². The van der Waals surface area contributed by atoms with Crippen LogP contribution in [0.15, 0.2) is 30.3 Å². The predicted molar refractivity (Wildman–Crippen MR) is 83.8 cm³/mol. The van der Waals surface area contributed by atoms with Crippen molar-refractivity contribution in [2.75, 3.05) is 27.4 Å². The topological polar surface area (TPSA) is 66.4 Å². The van der Waals surface area contributed by atoms with Crippen LogP contribution in [0.1, 0.15) is 19.4 Å². The van der Waals surface area contributed by atoms with Crippen molar-refractivity contribution in [3.8, 4) is 0 Å². The molecule has 1 saturated heterocycles. The van der Waals surface area contributed by atoms with Gasteiger partial charge in [0.25, 0.3) is 0 Å². The Kier molecular flexibility index (Phi) is 6.13. The van der Waals surface area contributed by atoms with Crippen molar-refractivity contribution < 1.29 is 28.8 Å². The number of methoxy groups -OCH3 is 2. The van der Waals surface area contributed by atoms with Gasteiger partial charge in [0.05, 0.1) is 19.8 Å². The van der Waals surface area contributed by atoms with Crippen molar-refractivity contribution in [1.29, 1.82) is 0 Å². The molecule has 0 bridgehead atoms. The predicted octanol–water partition coefficient (Wildman–Crippen LogP) is 1.70. The molecule has 0 aliphatic carbocycles. The molecule has 130 valence electrons. The fraction of sp³-hybridized carbons (Fsp3) is 0.647. The maximum Gasteiger partial charge on any atom is 0.220 e. The molecule has 1 aliphatic heterocycles. The second-order valence-electron chi connectivity index (χ2n) is 5.80. The SMILES string of the molecule is CO[C@]1(C)O[C@@H](COCc2ccccc2)[C@@H](CO)O[C@@]1(C)OC. The van der Waals surface area contributed by atoms with Gasteiger partial charge in [0.2, 0.25) is 11.6 Å². The molecule has 2 rings (SSSR count). The molecule has 0 saturated carbocycles. The van der Waals surface area contributed by atoms with Crippen molar-refractivity contribution in [3.63, 3.8) is 0 Å². The molecule has 0 amide bonds. The second-order valence-corrected chi connectivity index (χ2v) is 5.80. The van der Waals surface area contributed by atoms with E-state index in [0.29, 0.717) is 6.61 Å². The lowest BCUT2D eigenvalue weighted by atomic mass is 10.0. The zero-order chi connectivity index (χ0) is 16.9. The normalized spacial score (nSPS) is 34.5. The molecule has 4 atom stereocenters. The minimum atomic E-state index is -1.12. The Morgan fingerprint density at radius 3 is 2.09 bits per heavy atom. The van der Waals surface area contributed by atoms with E-state index in [4.69, 9.17) is 23.7 Å². The summed E-state index contributed by atoms with van der Waals surface area (Å²) >= 11 is 0. The van der Waals surface area contributed by atoms with Crippen LogP contribution in [0.3, 0.4) is 0 Å². The molecule has 23 heavy (non-hydrogen) atoms. The maximum atomic E-state index is 9.59. The van der Waals surface area contributed by atoms with Crippen LogP contribution in [0, 0.1) is 0 Å². The highest BCUT2D eigenvalue weighted by molar-refractivity contribution is 5.13. The van der Waals surface area contributed by atoms with Crippen LogP contribution in [-0.2, 0) is 30.3 Å². The maximum absolute atomic E-state index is 9.59. The monoisotopic (exact) mass is 326 g/mol. The Labute approximate surface area is 137 Å². The van der Waals surface area contributed by atoms with Crippen molar-refractivity contribution in [2.24, 2.45) is 0 Å². The molecular weight excluding hydrogens is 300 g/mol. The van der Waals surface area contributed by atoms with Crippen molar-refractivity contribution in [3.05, 3.63) is 35.9 Å². The van der Waals surface area contributed by atoms with E-state index in [1.54, 1.807) is 13.8 Å². The van der Waals surface area contributed by atoms with Crippen LogP contribution in [0.5, 0.6) is 0 Å². The fourth-order valence-corrected chi connectivity index (χ4v) is 2.57. The van der Waals surface area contributed by atoms with Crippen LogP contribution in [0.4, 0.5) is 0 Å². The van der Waals surface area contributed by atoms with E-state index in [2.05, 4.69) is 0 Å². The quantitative estimate of drug-likeness (QED) is 0.823. The van der Waals surface area contributed by atoms with E-state index >= 15 is 0 Å². The molecule has 0 unspecified atom stereocenters. The number of benzene rings is 1. The van der Waals surface area contributed by atoms with Gasteiger partial charge in [0.15, 0.2) is 0 Å². The van der Waals surface area contributed by atoms with E-state index in [9.17, 15) is 5.11 Å². The Balaban J connectivity index is 2.00. The largest absolute Gasteiger partial charge is 0.394 e. The van der Waals surface area contributed by atoms with Crippen LogP contribution in [0.25, 0.3) is 0 Å². The summed E-state index contributed by atoms with van der Waals surface area (Å²) in [5.74, 6) is -2.22. The molecule has 0 aromatic heterocycles. The Morgan fingerprint density at radius 2 is 1.57 bits per heavy atom. The van der Waals surface area contributed by atoms with E-state index in [1.165, 1.54) is 14.2 Å². The van der Waals surface area contributed by atoms with Gasteiger partial charge in [-0.25, -0.2) is 0 Å². The van der Waals surface area contributed by atoms with Crippen molar-refractivity contribution in [1.82, 2.24) is 0 Å². The molecule has 1 fully saturated rings. The number of ether oxygens (including phenoxy) is 5. The second kappa shape index (κ2) is 7.70. The number of hydrogen-bond acceptors (Lipinski definition) is 6. The van der Waals surface area contributed by atoms with Crippen LogP contribution in [-0.4, -0.2) is 56.3 Å². The van der Waals surface area contributed by atoms with Gasteiger partial charge in [-0.3, -0.25) is 0 Å². The lowest BCUT2D eigenvalue weighted by Crippen LogP contribution is -2.66. The molecular formula is C17H26O6. The van der Waals surface area contributed by atoms with Crippen LogP contribution in [0.2, 0.25) is 0 Å². The highest BCUT2D eigenvalue weighted by Crippen LogP contribution is 2.39. The molecule has 0 radical (unpaired) electrons. The molecule has 6 nitrogen and oxygen atoms in total. The summed E-state index contributed by atoms with van der Waals surface area (Å²) in [6.45, 7) is 4.01. The Bertz CT molecular complexity index is 481. The van der Waals surface area contributed by atoms with E-state index in [1.807, 2.05) is 30.3 Å². The lowest BCUT2D eigenvalue weighted by Gasteiger charge is -2.51. The summed E-state index contributed by atoms with van der Waals surface area (Å²) in [6, 6.07) is 9.86. The standard InChI is InChI=1S/C17H26O6/c1-16(19-3)17(2,20-4)23-15(14(10-18)22-16)12-21-11-13-8-6-5-7-9-13/h5-9,14-15,18H,10-12H2,1-4H3/t14-,15+,16-,17-/m1/s1. The number of aliphatic hydroxyl groups is 1. The highest BCUT2D eigenvalue weighted by Gasteiger charge is 2.56. The van der Waals surface area contributed by atoms with Gasteiger partial charge < -0.3 is 28.8 Å². The van der Waals surface area contributed by atoms with Crippen LogP contribution < -0.4 is 0 Å². The first-order chi connectivity index (χ1) is 11.0. The zero-order valence-electron chi connectivity index (χ0n) is 14.2. The van der Waals surface area contributed by atoms with Crippen LogP contribution >= 0.6 is 0 Å². The molecule has 1 N–H and O–H groups in total. The molecule has 1 aromatic carbocycles. The van der Waals surface area contributed by atoms with E-state index < -0.39 is 23.8 Å². The number of hydrogen-bond donors (Lipinski definition) is 1. The molecule has 1 aliphatic rings. The summed E-state index contributed by atoms with van der Waals surface area (Å²) in [5, 5.41) is 9.59. The third-order valence-electron chi connectivity index (χ3n) is 4.34. The van der Waals surface area contributed by atoms with Gasteiger partial charge >= 0.3 is 0 Å². The summed E-state index contributed by atoms with van der Waals surface area (Å²) in [4.78, 5) is 0. The smallest absolute Gasteiger partial charge is 0.220 e. The first kappa shape index (κ1) is 18.3. The minimum Gasteiger partial charge on any atom is -0.394 e.